The second-order valence-electron chi connectivity index (χ2n) is 7.81. The average Bonchev–Trinajstić information content (AvgIpc) is 3.57. The minimum absolute atomic E-state index is 0.700. The van der Waals surface area contributed by atoms with Crippen LogP contribution in [0.25, 0.3) is 10.2 Å². The number of fused-ring (bicyclic) bond motifs is 2. The predicted octanol–water partition coefficient (Wildman–Crippen LogP) is 8.28. The molecule has 3 aromatic carbocycles. The third kappa shape index (κ3) is 7.18. The third-order valence-electron chi connectivity index (χ3n) is 5.16. The second-order valence-corrected chi connectivity index (χ2v) is 11.8. The van der Waals surface area contributed by atoms with E-state index >= 15 is 0 Å². The highest BCUT2D eigenvalue weighted by atomic mass is 32.2. The quantitative estimate of drug-likeness (QED) is 0.229. The van der Waals surface area contributed by atoms with Gasteiger partial charge >= 0.3 is 0 Å². The number of anilines is 2. The van der Waals surface area contributed by atoms with Crippen LogP contribution in [0.4, 0.5) is 11.4 Å². The van der Waals surface area contributed by atoms with Crippen LogP contribution in [-0.4, -0.2) is 16.9 Å². The first-order chi connectivity index (χ1) is 17.0. The molecule has 0 saturated carbocycles. The summed E-state index contributed by atoms with van der Waals surface area (Å²) < 4.78 is 4.27. The molecule has 0 bridgehead atoms. The number of rotatable bonds is 3. The van der Waals surface area contributed by atoms with Crippen molar-refractivity contribution in [3.05, 3.63) is 106 Å². The molecule has 1 aromatic heterocycles. The average molecular weight is 537 g/mol. The van der Waals surface area contributed by atoms with E-state index in [-0.39, 0.29) is 0 Å². The van der Waals surface area contributed by atoms with Gasteiger partial charge in [0.05, 0.1) is 32.6 Å². The maximum Gasteiger partial charge on any atom is 0.163 e. The summed E-state index contributed by atoms with van der Waals surface area (Å²) in [5.41, 5.74) is 4.75. The van der Waals surface area contributed by atoms with Crippen LogP contribution < -0.4 is 16.0 Å². The largest absolute Gasteiger partial charge is 0.380 e. The molecule has 180 valence electrons. The Morgan fingerprint density at radius 2 is 1.71 bits per heavy atom. The summed E-state index contributed by atoms with van der Waals surface area (Å²) in [4.78, 5) is 1.27. The topological polar surface area (TPSA) is 41.0 Å². The molecule has 2 aliphatic rings. The summed E-state index contributed by atoms with van der Waals surface area (Å²) in [7, 11) is 0. The Kier molecular flexibility index (Phi) is 8.98. The number of thioether (sulfide) groups is 2. The molecule has 0 aliphatic carbocycles. The number of hydrogen-bond donors (Lipinski definition) is 3. The molecule has 0 unspecified atom stereocenters. The first-order valence-electron chi connectivity index (χ1n) is 11.2. The predicted molar refractivity (Wildman–Crippen MR) is 160 cm³/mol. The summed E-state index contributed by atoms with van der Waals surface area (Å²) in [5, 5.41) is 11.8. The molecule has 0 amide bonds. The number of thiazole rings is 1. The van der Waals surface area contributed by atoms with Gasteiger partial charge in [0.15, 0.2) is 3.95 Å². The van der Waals surface area contributed by atoms with Crippen LogP contribution in [0.5, 0.6) is 0 Å². The van der Waals surface area contributed by atoms with E-state index in [4.69, 9.17) is 12.2 Å². The standard InChI is InChI=1S/C15H14N2S2.C8H7NS.C4H7NS/c1-11-6-8-12(9-7-11)16-10-17-13-4-2-3-5-14(13)19-15(17)18;1-6-9-7-4-2-3-5-8(7)10-6;1-4-5-2-3-6-4/h2-9,16H,10H2,1H3;2-5,9H,1H2;5H,1-3H2. The lowest BCUT2D eigenvalue weighted by Crippen LogP contribution is -2.07. The molecule has 0 atom stereocenters. The second kappa shape index (κ2) is 12.4. The van der Waals surface area contributed by atoms with Gasteiger partial charge in [-0.2, -0.15) is 0 Å². The Morgan fingerprint density at radius 1 is 0.971 bits per heavy atom. The first-order valence-corrected chi connectivity index (χ1v) is 14.2. The summed E-state index contributed by atoms with van der Waals surface area (Å²) in [6.45, 7) is 11.4. The molecule has 0 spiro atoms. The van der Waals surface area contributed by atoms with Gasteiger partial charge in [0.25, 0.3) is 0 Å². The highest BCUT2D eigenvalue weighted by molar-refractivity contribution is 8.03. The molecule has 0 radical (unpaired) electrons. The number of para-hydroxylation sites is 2. The molecular formula is C27H28N4S4. The molecule has 6 rings (SSSR count). The molecule has 3 heterocycles. The smallest absolute Gasteiger partial charge is 0.163 e. The SMILES string of the molecule is C=C1NCCS1.C=C1Nc2ccccc2S1.Cc1ccc(NCn2c(=S)sc3ccccc32)cc1. The van der Waals surface area contributed by atoms with Crippen LogP contribution in [0.1, 0.15) is 5.56 Å². The van der Waals surface area contributed by atoms with Crippen LogP contribution in [-0.2, 0) is 6.67 Å². The summed E-state index contributed by atoms with van der Waals surface area (Å²) >= 11 is 10.6. The van der Waals surface area contributed by atoms with Crippen LogP contribution >= 0.6 is 47.1 Å². The van der Waals surface area contributed by atoms with E-state index in [9.17, 15) is 0 Å². The van der Waals surface area contributed by atoms with E-state index in [2.05, 4.69) is 89.1 Å². The van der Waals surface area contributed by atoms with E-state index < -0.39 is 0 Å². The van der Waals surface area contributed by atoms with Gasteiger partial charge in [-0.25, -0.2) is 0 Å². The van der Waals surface area contributed by atoms with Crippen molar-refractivity contribution < 1.29 is 0 Å². The van der Waals surface area contributed by atoms with Crippen molar-refractivity contribution in [2.75, 3.05) is 22.9 Å². The molecule has 1 fully saturated rings. The van der Waals surface area contributed by atoms with Crippen LogP contribution in [0.15, 0.2) is 101 Å². The van der Waals surface area contributed by atoms with Crippen molar-refractivity contribution in [3.8, 4) is 0 Å². The third-order valence-corrected chi connectivity index (χ3v) is 8.42. The number of nitrogens with one attached hydrogen (secondary N) is 3. The van der Waals surface area contributed by atoms with E-state index in [0.717, 1.165) is 26.2 Å². The Morgan fingerprint density at radius 3 is 2.40 bits per heavy atom. The Hall–Kier alpha value is -2.65. The van der Waals surface area contributed by atoms with Gasteiger partial charge in [-0.3, -0.25) is 0 Å². The van der Waals surface area contributed by atoms with Gasteiger partial charge in [-0.05, 0) is 55.5 Å². The normalized spacial score (nSPS) is 13.6. The van der Waals surface area contributed by atoms with E-state index in [0.29, 0.717) is 6.67 Å². The van der Waals surface area contributed by atoms with Crippen molar-refractivity contribution in [2.45, 2.75) is 18.5 Å². The number of nitrogens with zero attached hydrogens (tertiary/aromatic N) is 1. The molecule has 4 nitrogen and oxygen atoms in total. The highest BCUT2D eigenvalue weighted by Crippen LogP contribution is 2.39. The lowest BCUT2D eigenvalue weighted by Gasteiger charge is -2.09. The number of aromatic nitrogens is 1. The highest BCUT2D eigenvalue weighted by Gasteiger charge is 2.11. The minimum atomic E-state index is 0.700. The monoisotopic (exact) mass is 536 g/mol. The maximum absolute atomic E-state index is 5.43. The van der Waals surface area contributed by atoms with Gasteiger partial charge < -0.3 is 20.5 Å². The van der Waals surface area contributed by atoms with Gasteiger partial charge in [0, 0.05) is 22.9 Å². The van der Waals surface area contributed by atoms with Gasteiger partial charge in [0.2, 0.25) is 0 Å². The fourth-order valence-electron chi connectivity index (χ4n) is 3.39. The molecule has 2 aliphatic heterocycles. The molecule has 8 heteroatoms. The van der Waals surface area contributed by atoms with Crippen molar-refractivity contribution in [1.29, 1.82) is 0 Å². The van der Waals surface area contributed by atoms with Crippen molar-refractivity contribution in [1.82, 2.24) is 9.88 Å². The number of hydrogen-bond acceptors (Lipinski definition) is 7. The van der Waals surface area contributed by atoms with Crippen molar-refractivity contribution in [2.24, 2.45) is 0 Å². The van der Waals surface area contributed by atoms with E-state index in [1.165, 1.54) is 32.1 Å². The fraction of sp³-hybridized carbons (Fsp3) is 0.148. The van der Waals surface area contributed by atoms with Crippen LogP contribution in [0.2, 0.25) is 0 Å². The fourth-order valence-corrected chi connectivity index (χ4v) is 6.17. The zero-order valence-electron chi connectivity index (χ0n) is 19.5. The Balaban J connectivity index is 0.000000149. The molecule has 35 heavy (non-hydrogen) atoms. The summed E-state index contributed by atoms with van der Waals surface area (Å²) in [5.74, 6) is 1.19. The lowest BCUT2D eigenvalue weighted by atomic mass is 10.2. The molecule has 4 aromatic rings. The van der Waals surface area contributed by atoms with Crippen molar-refractivity contribution in [3.63, 3.8) is 0 Å². The Labute approximate surface area is 224 Å². The molecule has 1 saturated heterocycles. The Bertz CT molecular complexity index is 1340. The summed E-state index contributed by atoms with van der Waals surface area (Å²) in [6.07, 6.45) is 0. The molecular weight excluding hydrogens is 509 g/mol. The van der Waals surface area contributed by atoms with Crippen LogP contribution in [0, 0.1) is 10.9 Å². The minimum Gasteiger partial charge on any atom is -0.380 e. The molecule has 3 N–H and O–H groups in total. The van der Waals surface area contributed by atoms with Gasteiger partial charge in [-0.15, -0.1) is 23.1 Å². The maximum atomic E-state index is 5.43. The zero-order chi connectivity index (χ0) is 24.6. The van der Waals surface area contributed by atoms with E-state index in [1.54, 1.807) is 34.9 Å². The van der Waals surface area contributed by atoms with E-state index in [1.807, 2.05) is 24.3 Å². The summed E-state index contributed by atoms with van der Waals surface area (Å²) in [6, 6.07) is 24.9. The van der Waals surface area contributed by atoms with Crippen molar-refractivity contribution >= 4 is 68.7 Å². The number of aryl methyl sites for hydroxylation is 1. The van der Waals surface area contributed by atoms with Gasteiger partial charge in [0.1, 0.15) is 0 Å². The van der Waals surface area contributed by atoms with Gasteiger partial charge in [-0.1, -0.05) is 66.9 Å². The van der Waals surface area contributed by atoms with Crippen LogP contribution in [0.3, 0.4) is 0 Å². The number of benzene rings is 3. The lowest BCUT2D eigenvalue weighted by molar-refractivity contribution is 0.807. The zero-order valence-corrected chi connectivity index (χ0v) is 22.8. The first kappa shape index (κ1) is 25.4.